The van der Waals surface area contributed by atoms with Crippen LogP contribution in [0.5, 0.6) is 5.75 Å². The summed E-state index contributed by atoms with van der Waals surface area (Å²) in [6, 6.07) is 34.4. The van der Waals surface area contributed by atoms with Gasteiger partial charge in [-0.25, -0.2) is 0 Å². The lowest BCUT2D eigenvalue weighted by Crippen LogP contribution is -2.49. The Morgan fingerprint density at radius 3 is 2.26 bits per heavy atom. The van der Waals surface area contributed by atoms with Crippen LogP contribution in [0, 0.1) is 6.92 Å². The number of benzene rings is 4. The topological polar surface area (TPSA) is 32.8 Å². The van der Waals surface area contributed by atoms with Crippen LogP contribution in [0.4, 0.5) is 11.4 Å². The van der Waals surface area contributed by atoms with Gasteiger partial charge in [-0.05, 0) is 54.4 Å². The summed E-state index contributed by atoms with van der Waals surface area (Å²) in [5.41, 5.74) is 5.84. The van der Waals surface area contributed by atoms with Crippen LogP contribution in [0.15, 0.2) is 116 Å². The fourth-order valence-corrected chi connectivity index (χ4v) is 4.55. The van der Waals surface area contributed by atoms with Gasteiger partial charge < -0.3 is 9.64 Å². The molecule has 0 fully saturated rings. The molecule has 0 radical (unpaired) electrons. The predicted molar refractivity (Wildman–Crippen MR) is 142 cm³/mol. The van der Waals surface area contributed by atoms with Crippen molar-refractivity contribution in [2.75, 3.05) is 16.4 Å². The van der Waals surface area contributed by atoms with Crippen molar-refractivity contribution in [3.63, 3.8) is 0 Å². The van der Waals surface area contributed by atoms with E-state index in [-0.39, 0.29) is 12.1 Å². The second-order valence-electron chi connectivity index (χ2n) is 8.68. The highest BCUT2D eigenvalue weighted by Gasteiger charge is 2.39. The Balaban J connectivity index is 1.66. The number of fused-ring (bicyclic) bond motifs is 1. The molecule has 0 saturated carbocycles. The van der Waals surface area contributed by atoms with Crippen LogP contribution in [0.3, 0.4) is 0 Å². The Bertz CT molecular complexity index is 1310. The van der Waals surface area contributed by atoms with E-state index >= 15 is 0 Å². The summed E-state index contributed by atoms with van der Waals surface area (Å²) in [6.45, 7) is 6.88. The van der Waals surface area contributed by atoms with Gasteiger partial charge >= 0.3 is 0 Å². The number of anilines is 2. The van der Waals surface area contributed by atoms with Crippen molar-refractivity contribution in [3.05, 3.63) is 138 Å². The number of ether oxygens (including phenoxy) is 1. The number of rotatable bonds is 7. The minimum Gasteiger partial charge on any atom is -0.490 e. The lowest BCUT2D eigenvalue weighted by Gasteiger charge is -2.46. The van der Waals surface area contributed by atoms with E-state index in [4.69, 9.17) is 4.74 Å². The predicted octanol–water partition coefficient (Wildman–Crippen LogP) is 6.93. The molecule has 4 heteroatoms. The van der Waals surface area contributed by atoms with Crippen molar-refractivity contribution in [2.24, 2.45) is 0 Å². The fraction of sp³-hybridized carbons (Fsp3) is 0.129. The summed E-state index contributed by atoms with van der Waals surface area (Å²) in [6.07, 6.45) is 1.40. The quantitative estimate of drug-likeness (QED) is 0.281. The lowest BCUT2D eigenvalue weighted by molar-refractivity contribution is 0.0968. The van der Waals surface area contributed by atoms with Crippen molar-refractivity contribution in [1.82, 2.24) is 0 Å². The summed E-state index contributed by atoms with van der Waals surface area (Å²) in [4.78, 5) is 18.2. The number of hydrogen-bond acceptors (Lipinski definition) is 3. The maximum Gasteiger partial charge on any atom is 0.262 e. The van der Waals surface area contributed by atoms with E-state index in [1.165, 1.54) is 5.56 Å². The smallest absolute Gasteiger partial charge is 0.262 e. The summed E-state index contributed by atoms with van der Waals surface area (Å²) in [5, 5.41) is 0. The van der Waals surface area contributed by atoms with E-state index in [1.807, 2.05) is 83.8 Å². The normalized spacial score (nSPS) is 15.0. The van der Waals surface area contributed by atoms with Gasteiger partial charge in [0, 0.05) is 12.2 Å². The number of hydrogen-bond donors (Lipinski definition) is 0. The molecule has 4 aromatic carbocycles. The molecule has 1 aliphatic rings. The number of nitrogens with zero attached hydrogens (tertiary/aromatic N) is 2. The molecular formula is C31H28N2O2. The van der Waals surface area contributed by atoms with Gasteiger partial charge in [-0.1, -0.05) is 84.9 Å². The van der Waals surface area contributed by atoms with Crippen molar-refractivity contribution >= 4 is 17.3 Å². The molecule has 0 spiro atoms. The summed E-state index contributed by atoms with van der Waals surface area (Å²) >= 11 is 0. The molecule has 0 N–H and O–H groups in total. The molecule has 5 rings (SSSR count). The average molecular weight is 461 g/mol. The molecule has 0 aromatic heterocycles. The zero-order valence-corrected chi connectivity index (χ0v) is 19.8. The number of aryl methyl sites for hydroxylation is 1. The molecule has 0 saturated heterocycles. The van der Waals surface area contributed by atoms with E-state index in [2.05, 4.69) is 42.7 Å². The summed E-state index contributed by atoms with van der Waals surface area (Å²) in [5.74, 6) is 0.762. The molecule has 1 heterocycles. The van der Waals surface area contributed by atoms with Crippen LogP contribution in [0.25, 0.3) is 0 Å². The van der Waals surface area contributed by atoms with Gasteiger partial charge in [0.05, 0.1) is 11.3 Å². The first-order valence-electron chi connectivity index (χ1n) is 11.8. The van der Waals surface area contributed by atoms with Crippen LogP contribution in [0.1, 0.15) is 33.2 Å². The molecule has 174 valence electrons. The first kappa shape index (κ1) is 22.5. The van der Waals surface area contributed by atoms with Gasteiger partial charge in [0.25, 0.3) is 5.91 Å². The number of amides is 1. The van der Waals surface area contributed by atoms with E-state index in [0.29, 0.717) is 18.7 Å². The minimum atomic E-state index is -0.325. The molecule has 0 aliphatic carbocycles. The Morgan fingerprint density at radius 2 is 1.54 bits per heavy atom. The molecule has 0 unspecified atom stereocenters. The van der Waals surface area contributed by atoms with Crippen molar-refractivity contribution in [3.8, 4) is 5.75 Å². The Morgan fingerprint density at radius 1 is 0.857 bits per heavy atom. The minimum absolute atomic E-state index is 0.00857. The number of para-hydroxylation sites is 1. The zero-order chi connectivity index (χ0) is 24.2. The van der Waals surface area contributed by atoms with Crippen molar-refractivity contribution < 1.29 is 9.53 Å². The second-order valence-corrected chi connectivity index (χ2v) is 8.68. The Kier molecular flexibility index (Phi) is 6.36. The van der Waals surface area contributed by atoms with Gasteiger partial charge in [-0.15, -0.1) is 0 Å². The second kappa shape index (κ2) is 9.90. The monoisotopic (exact) mass is 460 g/mol. The summed E-state index contributed by atoms with van der Waals surface area (Å²) in [7, 11) is 0. The van der Waals surface area contributed by atoms with Gasteiger partial charge in [0.15, 0.2) is 0 Å². The van der Waals surface area contributed by atoms with Gasteiger partial charge in [-0.3, -0.25) is 9.69 Å². The molecule has 1 amide bonds. The lowest BCUT2D eigenvalue weighted by atomic mass is 9.99. The van der Waals surface area contributed by atoms with Crippen LogP contribution < -0.4 is 14.5 Å². The van der Waals surface area contributed by atoms with E-state index in [1.54, 1.807) is 6.08 Å². The van der Waals surface area contributed by atoms with Gasteiger partial charge in [0.2, 0.25) is 0 Å². The first-order valence-corrected chi connectivity index (χ1v) is 11.8. The molecule has 1 aliphatic heterocycles. The molecular weight excluding hydrogens is 432 g/mol. The van der Waals surface area contributed by atoms with Crippen LogP contribution in [-0.4, -0.2) is 12.5 Å². The Labute approximate surface area is 206 Å². The fourth-order valence-electron chi connectivity index (χ4n) is 4.55. The standard InChI is InChI=1S/C31H28N2O2/c1-3-21-35-27-19-15-25(16-20-27)30-32(22-24-9-5-4-6-10-24)29-12-8-7-11-28(29)31(34)33(30)26-17-13-23(2)14-18-26/h3-20,30H,1,21-22H2,2H3/t30-/m1/s1. The van der Waals surface area contributed by atoms with Crippen LogP contribution >= 0.6 is 0 Å². The van der Waals surface area contributed by atoms with Crippen LogP contribution in [-0.2, 0) is 6.54 Å². The third kappa shape index (κ3) is 4.56. The molecule has 1 atom stereocenters. The highest BCUT2D eigenvalue weighted by molar-refractivity contribution is 6.12. The highest BCUT2D eigenvalue weighted by Crippen LogP contribution is 2.42. The third-order valence-electron chi connectivity index (χ3n) is 6.26. The van der Waals surface area contributed by atoms with E-state index in [0.717, 1.165) is 28.3 Å². The molecule has 4 aromatic rings. The van der Waals surface area contributed by atoms with Crippen molar-refractivity contribution in [1.29, 1.82) is 0 Å². The SMILES string of the molecule is C=CCOc1ccc([C@@H]2N(Cc3ccccc3)c3ccccc3C(=O)N2c2ccc(C)cc2)cc1. The maximum absolute atomic E-state index is 14.0. The highest BCUT2D eigenvalue weighted by atomic mass is 16.5. The molecule has 35 heavy (non-hydrogen) atoms. The maximum atomic E-state index is 14.0. The van der Waals surface area contributed by atoms with Gasteiger partial charge in [-0.2, -0.15) is 0 Å². The third-order valence-corrected chi connectivity index (χ3v) is 6.26. The number of carbonyl (C=O) groups is 1. The molecule has 4 nitrogen and oxygen atoms in total. The van der Waals surface area contributed by atoms with Crippen LogP contribution in [0.2, 0.25) is 0 Å². The zero-order valence-electron chi connectivity index (χ0n) is 19.8. The number of carbonyl (C=O) groups excluding carboxylic acids is 1. The van der Waals surface area contributed by atoms with E-state index in [9.17, 15) is 4.79 Å². The Hall–Kier alpha value is -4.31. The molecule has 0 bridgehead atoms. The van der Waals surface area contributed by atoms with Crippen molar-refractivity contribution in [2.45, 2.75) is 19.6 Å². The van der Waals surface area contributed by atoms with E-state index < -0.39 is 0 Å². The largest absolute Gasteiger partial charge is 0.490 e. The summed E-state index contributed by atoms with van der Waals surface area (Å²) < 4.78 is 5.71. The average Bonchev–Trinajstić information content (AvgIpc) is 2.90. The first-order chi connectivity index (χ1) is 17.2. The van der Waals surface area contributed by atoms with Gasteiger partial charge in [0.1, 0.15) is 18.5 Å².